The lowest BCUT2D eigenvalue weighted by molar-refractivity contribution is -0.111. The molecular weight excluding hydrogens is 472 g/mol. The average molecular weight is 505 g/mol. The van der Waals surface area contributed by atoms with Crippen molar-refractivity contribution >= 4 is 45.5 Å². The van der Waals surface area contributed by atoms with Gasteiger partial charge in [-0.25, -0.2) is 0 Å². The zero-order valence-electron chi connectivity index (χ0n) is 21.5. The van der Waals surface area contributed by atoms with Gasteiger partial charge in [0, 0.05) is 36.7 Å². The van der Waals surface area contributed by atoms with E-state index < -0.39 is 0 Å². The molecule has 0 fully saturated rings. The first-order valence-corrected chi connectivity index (χ1v) is 11.4. The van der Waals surface area contributed by atoms with Gasteiger partial charge in [-0.05, 0) is 50.8 Å². The number of aromatic nitrogens is 2. The maximum atomic E-state index is 12.4. The Morgan fingerprint density at radius 2 is 1.95 bits per heavy atom. The number of fused-ring (bicyclic) bond motifs is 1. The fourth-order valence-electron chi connectivity index (χ4n) is 3.65. The summed E-state index contributed by atoms with van der Waals surface area (Å²) in [6, 6.07) is 8.81. The number of nitrogens with one attached hydrogen (secondary N) is 4. The molecule has 1 heterocycles. The molecule has 37 heavy (non-hydrogen) atoms. The monoisotopic (exact) mass is 504 g/mol. The van der Waals surface area contributed by atoms with Gasteiger partial charge in [-0.15, -0.1) is 0 Å². The van der Waals surface area contributed by atoms with Crippen LogP contribution < -0.4 is 26.6 Å². The molecule has 0 unspecified atom stereocenters. The van der Waals surface area contributed by atoms with Crippen molar-refractivity contribution in [3.8, 4) is 5.75 Å². The molecule has 3 rings (SSSR count). The Balaban J connectivity index is 1.89. The van der Waals surface area contributed by atoms with Crippen LogP contribution in [0.2, 0.25) is 0 Å². The Bertz CT molecular complexity index is 1390. The van der Waals surface area contributed by atoms with E-state index in [0.717, 1.165) is 16.5 Å². The predicted octanol–water partition coefficient (Wildman–Crippen LogP) is 2.73. The van der Waals surface area contributed by atoms with Crippen LogP contribution in [0.25, 0.3) is 16.6 Å². The molecule has 1 amide bonds. The summed E-state index contributed by atoms with van der Waals surface area (Å²) in [7, 11) is 7.11. The number of Topliss-reactive ketones (excluding diaryl/α,β-unsaturated/α-hetero) is 1. The smallest absolute Gasteiger partial charge is 0.248 e. The molecule has 6 N–H and O–H groups in total. The van der Waals surface area contributed by atoms with E-state index in [9.17, 15) is 9.59 Å². The number of amides is 1. The van der Waals surface area contributed by atoms with E-state index in [4.69, 9.17) is 16.0 Å². The molecule has 194 valence electrons. The predicted molar refractivity (Wildman–Crippen MR) is 147 cm³/mol. The Hall–Kier alpha value is -4.48. The van der Waals surface area contributed by atoms with Crippen molar-refractivity contribution < 1.29 is 14.3 Å². The van der Waals surface area contributed by atoms with Gasteiger partial charge in [0.25, 0.3) is 0 Å². The van der Waals surface area contributed by atoms with E-state index in [1.807, 2.05) is 44.2 Å². The summed E-state index contributed by atoms with van der Waals surface area (Å²) in [6.07, 6.45) is 6.40. The molecule has 0 aliphatic carbocycles. The number of methoxy groups -OCH3 is 1. The molecule has 0 aliphatic rings. The van der Waals surface area contributed by atoms with Crippen molar-refractivity contribution in [1.82, 2.24) is 20.1 Å². The number of rotatable bonds is 10. The minimum Gasteiger partial charge on any atom is -0.495 e. The molecule has 0 saturated heterocycles. The first kappa shape index (κ1) is 27.1. The third-order valence-corrected chi connectivity index (χ3v) is 5.49. The van der Waals surface area contributed by atoms with Crippen molar-refractivity contribution in [1.29, 1.82) is 5.41 Å². The Labute approximate surface area is 215 Å². The number of ether oxygens (including phenoxy) is 1. The normalized spacial score (nSPS) is 11.7. The number of benzene rings is 2. The van der Waals surface area contributed by atoms with Crippen LogP contribution in [-0.4, -0.2) is 60.0 Å². The third-order valence-electron chi connectivity index (χ3n) is 5.49. The molecule has 0 saturated carbocycles. The van der Waals surface area contributed by atoms with Crippen molar-refractivity contribution in [3.63, 3.8) is 0 Å². The first-order valence-electron chi connectivity index (χ1n) is 11.4. The second kappa shape index (κ2) is 12.0. The van der Waals surface area contributed by atoms with Crippen LogP contribution in [0.1, 0.15) is 22.8 Å². The topological polar surface area (TPSA) is 150 Å². The second-order valence-corrected chi connectivity index (χ2v) is 8.59. The summed E-state index contributed by atoms with van der Waals surface area (Å²) in [5.41, 5.74) is 5.84. The molecule has 2 aromatic carbocycles. The minimum absolute atomic E-state index is 0.00346. The Morgan fingerprint density at radius 1 is 1.19 bits per heavy atom. The molecule has 0 bridgehead atoms. The van der Waals surface area contributed by atoms with Crippen LogP contribution in [0, 0.1) is 5.41 Å². The number of amidine groups is 1. The lowest BCUT2D eigenvalue weighted by Gasteiger charge is -2.16. The molecule has 0 aliphatic heterocycles. The SMILES string of the molecule is COc1cc(C(C)=O)c(NC(=O)/C=C/CN(C)C)cc1NC(=N)/C=C(\NN)c1ccc2c(cnn2C)c1. The minimum atomic E-state index is -0.379. The van der Waals surface area contributed by atoms with Gasteiger partial charge in [-0.2, -0.15) is 5.10 Å². The van der Waals surface area contributed by atoms with Gasteiger partial charge in [0.2, 0.25) is 5.91 Å². The van der Waals surface area contributed by atoms with Gasteiger partial charge in [-0.1, -0.05) is 12.1 Å². The largest absolute Gasteiger partial charge is 0.495 e. The fraction of sp³-hybridized carbons (Fsp3) is 0.231. The van der Waals surface area contributed by atoms with Crippen LogP contribution in [0.5, 0.6) is 5.75 Å². The van der Waals surface area contributed by atoms with E-state index >= 15 is 0 Å². The average Bonchev–Trinajstić information content (AvgIpc) is 3.22. The first-order chi connectivity index (χ1) is 17.6. The maximum absolute atomic E-state index is 12.4. The fourth-order valence-corrected chi connectivity index (χ4v) is 3.65. The second-order valence-electron chi connectivity index (χ2n) is 8.59. The number of nitrogens with two attached hydrogens (primary N) is 1. The van der Waals surface area contributed by atoms with Crippen LogP contribution in [0.3, 0.4) is 0 Å². The zero-order valence-corrected chi connectivity index (χ0v) is 21.5. The summed E-state index contributed by atoms with van der Waals surface area (Å²) >= 11 is 0. The highest BCUT2D eigenvalue weighted by molar-refractivity contribution is 6.10. The molecule has 0 atom stereocenters. The number of ketones is 1. The van der Waals surface area contributed by atoms with E-state index in [1.54, 1.807) is 23.0 Å². The Morgan fingerprint density at radius 3 is 2.59 bits per heavy atom. The number of likely N-dealkylation sites (N-methyl/N-ethyl adjacent to an activating group) is 1. The van der Waals surface area contributed by atoms with Crippen LogP contribution in [0.4, 0.5) is 11.4 Å². The highest BCUT2D eigenvalue weighted by Crippen LogP contribution is 2.32. The molecule has 11 heteroatoms. The molecule has 0 spiro atoms. The van der Waals surface area contributed by atoms with E-state index in [-0.39, 0.29) is 23.1 Å². The lowest BCUT2D eigenvalue weighted by Crippen LogP contribution is -2.22. The van der Waals surface area contributed by atoms with Crippen molar-refractivity contribution in [2.75, 3.05) is 38.4 Å². The summed E-state index contributed by atoms with van der Waals surface area (Å²) in [4.78, 5) is 26.6. The van der Waals surface area contributed by atoms with Gasteiger partial charge in [-0.3, -0.25) is 25.5 Å². The highest BCUT2D eigenvalue weighted by atomic mass is 16.5. The molecular formula is C26H32N8O3. The number of carbonyl (C=O) groups excluding carboxylic acids is 2. The van der Waals surface area contributed by atoms with Gasteiger partial charge >= 0.3 is 0 Å². The number of aryl methyl sites for hydroxylation is 1. The third kappa shape index (κ3) is 6.81. The summed E-state index contributed by atoms with van der Waals surface area (Å²) in [6.45, 7) is 2.00. The zero-order chi connectivity index (χ0) is 27.1. The van der Waals surface area contributed by atoms with Crippen molar-refractivity contribution in [2.45, 2.75) is 6.92 Å². The highest BCUT2D eigenvalue weighted by Gasteiger charge is 2.16. The molecule has 1 aromatic heterocycles. The summed E-state index contributed by atoms with van der Waals surface area (Å²) in [5, 5.41) is 19.4. The van der Waals surface area contributed by atoms with Crippen LogP contribution >= 0.6 is 0 Å². The van der Waals surface area contributed by atoms with Crippen molar-refractivity contribution in [3.05, 3.63) is 65.9 Å². The van der Waals surface area contributed by atoms with Crippen LogP contribution in [-0.2, 0) is 11.8 Å². The number of carbonyl (C=O) groups is 2. The van der Waals surface area contributed by atoms with E-state index in [2.05, 4.69) is 21.2 Å². The number of anilines is 2. The maximum Gasteiger partial charge on any atom is 0.248 e. The van der Waals surface area contributed by atoms with Crippen molar-refractivity contribution in [2.24, 2.45) is 12.9 Å². The molecule has 0 radical (unpaired) electrons. The Kier molecular flexibility index (Phi) is 8.77. The van der Waals surface area contributed by atoms with Gasteiger partial charge in [0.1, 0.15) is 11.6 Å². The number of hydrazine groups is 1. The van der Waals surface area contributed by atoms with E-state index in [0.29, 0.717) is 29.4 Å². The summed E-state index contributed by atoms with van der Waals surface area (Å²) in [5.74, 6) is 5.47. The van der Waals surface area contributed by atoms with Gasteiger partial charge in [0.15, 0.2) is 5.78 Å². The van der Waals surface area contributed by atoms with Gasteiger partial charge < -0.3 is 25.7 Å². The number of hydrogen-bond acceptors (Lipinski definition) is 8. The van der Waals surface area contributed by atoms with E-state index in [1.165, 1.54) is 32.3 Å². The standard InChI is InChI=1S/C26H32N8O3/c1-16(35)19-12-24(37-5)22(13-21(19)31-26(36)7-6-10-33(2)3)30-25(27)14-20(32-28)17-8-9-23-18(11-17)15-29-34(23)4/h6-9,11-15,32H,10,28H2,1-5H3,(H2,27,30)(H,31,36)/b7-6+,20-14-. The van der Waals surface area contributed by atoms with Crippen LogP contribution in [0.15, 0.2) is 54.8 Å². The quantitative estimate of drug-likeness (QED) is 0.0706. The lowest BCUT2D eigenvalue weighted by atomic mass is 10.1. The molecule has 3 aromatic rings. The number of nitrogens with zero attached hydrogens (tertiary/aromatic N) is 3. The number of hydrogen-bond donors (Lipinski definition) is 5. The molecule has 11 nitrogen and oxygen atoms in total. The summed E-state index contributed by atoms with van der Waals surface area (Å²) < 4.78 is 7.21. The van der Waals surface area contributed by atoms with Gasteiger partial charge in [0.05, 0.1) is 35.9 Å².